The molecule has 0 fully saturated rings. The smallest absolute Gasteiger partial charge is 0.320 e. The average molecular weight is 209 g/mol. The highest BCUT2D eigenvalue weighted by Gasteiger charge is 2.10. The Bertz CT molecular complexity index is 338. The van der Waals surface area contributed by atoms with Crippen LogP contribution in [0.5, 0.6) is 5.75 Å². The zero-order valence-corrected chi connectivity index (χ0v) is 8.64. The van der Waals surface area contributed by atoms with Gasteiger partial charge in [-0.25, -0.2) is 0 Å². The third kappa shape index (κ3) is 3.59. The van der Waals surface area contributed by atoms with Crippen molar-refractivity contribution < 1.29 is 14.6 Å². The SMILES string of the molecule is COc1cccc(CCC(N)C(=O)O)c1. The molecule has 0 amide bonds. The molecule has 0 spiro atoms. The van der Waals surface area contributed by atoms with Crippen LogP contribution in [0.2, 0.25) is 0 Å². The molecule has 0 saturated carbocycles. The monoisotopic (exact) mass is 209 g/mol. The van der Waals surface area contributed by atoms with Crippen LogP contribution in [0.3, 0.4) is 0 Å². The lowest BCUT2D eigenvalue weighted by Crippen LogP contribution is -2.30. The molecule has 4 nitrogen and oxygen atoms in total. The summed E-state index contributed by atoms with van der Waals surface area (Å²) in [4.78, 5) is 10.5. The molecule has 1 aromatic carbocycles. The molecule has 0 aliphatic rings. The average Bonchev–Trinajstić information content (AvgIpc) is 2.26. The lowest BCUT2D eigenvalue weighted by atomic mass is 10.1. The van der Waals surface area contributed by atoms with Gasteiger partial charge < -0.3 is 15.6 Å². The van der Waals surface area contributed by atoms with Crippen molar-refractivity contribution in [1.82, 2.24) is 0 Å². The standard InChI is InChI=1S/C11H15NO3/c1-15-9-4-2-3-8(7-9)5-6-10(12)11(13)14/h2-4,7,10H,5-6,12H2,1H3,(H,13,14). The fourth-order valence-corrected chi connectivity index (χ4v) is 1.27. The molecule has 1 atom stereocenters. The molecule has 4 heteroatoms. The number of carboxylic acids is 1. The first-order valence-electron chi connectivity index (χ1n) is 4.75. The summed E-state index contributed by atoms with van der Waals surface area (Å²) in [6, 6.07) is 6.74. The van der Waals surface area contributed by atoms with Gasteiger partial charge in [-0.1, -0.05) is 12.1 Å². The van der Waals surface area contributed by atoms with Gasteiger partial charge in [-0.05, 0) is 30.5 Å². The number of ether oxygens (including phenoxy) is 1. The maximum atomic E-state index is 10.5. The van der Waals surface area contributed by atoms with Crippen molar-refractivity contribution in [2.75, 3.05) is 7.11 Å². The first-order chi connectivity index (χ1) is 7.13. The van der Waals surface area contributed by atoms with Gasteiger partial charge in [-0.3, -0.25) is 4.79 Å². The topological polar surface area (TPSA) is 72.5 Å². The first-order valence-corrected chi connectivity index (χ1v) is 4.75. The molecule has 0 aromatic heterocycles. The predicted molar refractivity (Wildman–Crippen MR) is 56.9 cm³/mol. The summed E-state index contributed by atoms with van der Waals surface area (Å²) >= 11 is 0. The maximum Gasteiger partial charge on any atom is 0.320 e. The highest BCUT2D eigenvalue weighted by molar-refractivity contribution is 5.73. The van der Waals surface area contributed by atoms with E-state index in [-0.39, 0.29) is 0 Å². The van der Waals surface area contributed by atoms with Gasteiger partial charge in [0.2, 0.25) is 0 Å². The molecule has 1 rings (SSSR count). The molecular weight excluding hydrogens is 194 g/mol. The minimum Gasteiger partial charge on any atom is -0.497 e. The highest BCUT2D eigenvalue weighted by Crippen LogP contribution is 2.14. The second-order valence-corrected chi connectivity index (χ2v) is 3.33. The Labute approximate surface area is 88.7 Å². The molecule has 1 unspecified atom stereocenters. The minimum atomic E-state index is -0.960. The summed E-state index contributed by atoms with van der Waals surface area (Å²) in [5.74, 6) is -0.186. The molecule has 0 radical (unpaired) electrons. The molecule has 82 valence electrons. The van der Waals surface area contributed by atoms with Crippen molar-refractivity contribution in [3.63, 3.8) is 0 Å². The third-order valence-corrected chi connectivity index (χ3v) is 2.20. The van der Waals surface area contributed by atoms with E-state index in [1.165, 1.54) is 0 Å². The number of carbonyl (C=O) groups is 1. The van der Waals surface area contributed by atoms with E-state index in [4.69, 9.17) is 15.6 Å². The van der Waals surface area contributed by atoms with Gasteiger partial charge >= 0.3 is 5.97 Å². The Hall–Kier alpha value is -1.55. The number of benzene rings is 1. The molecule has 15 heavy (non-hydrogen) atoms. The fraction of sp³-hybridized carbons (Fsp3) is 0.364. The largest absolute Gasteiger partial charge is 0.497 e. The molecule has 0 aliphatic heterocycles. The van der Waals surface area contributed by atoms with Crippen LogP contribution in [0, 0.1) is 0 Å². The van der Waals surface area contributed by atoms with E-state index in [0.717, 1.165) is 11.3 Å². The number of hydrogen-bond acceptors (Lipinski definition) is 3. The molecule has 3 N–H and O–H groups in total. The second-order valence-electron chi connectivity index (χ2n) is 3.33. The van der Waals surface area contributed by atoms with Crippen LogP contribution in [0.15, 0.2) is 24.3 Å². The molecule has 0 bridgehead atoms. The Morgan fingerprint density at radius 1 is 1.60 bits per heavy atom. The normalized spacial score (nSPS) is 12.1. The zero-order chi connectivity index (χ0) is 11.3. The number of rotatable bonds is 5. The molecule has 0 aliphatic carbocycles. The number of methoxy groups -OCH3 is 1. The van der Waals surface area contributed by atoms with Crippen molar-refractivity contribution in [2.24, 2.45) is 5.73 Å². The van der Waals surface area contributed by atoms with Gasteiger partial charge in [0.15, 0.2) is 0 Å². The Kier molecular flexibility index (Phi) is 4.12. The van der Waals surface area contributed by atoms with Gasteiger partial charge in [-0.2, -0.15) is 0 Å². The summed E-state index contributed by atoms with van der Waals surface area (Å²) < 4.78 is 5.06. The third-order valence-electron chi connectivity index (χ3n) is 2.20. The van der Waals surface area contributed by atoms with E-state index >= 15 is 0 Å². The van der Waals surface area contributed by atoms with E-state index in [9.17, 15) is 4.79 Å². The number of aliphatic carboxylic acids is 1. The van der Waals surface area contributed by atoms with Gasteiger partial charge in [0.05, 0.1) is 7.11 Å². The summed E-state index contributed by atoms with van der Waals surface area (Å²) in [5, 5.41) is 8.61. The quantitative estimate of drug-likeness (QED) is 0.760. The predicted octanol–water partition coefficient (Wildman–Crippen LogP) is 1.04. The van der Waals surface area contributed by atoms with Crippen LogP contribution in [0.1, 0.15) is 12.0 Å². The molecule has 0 heterocycles. The zero-order valence-electron chi connectivity index (χ0n) is 8.64. The number of nitrogens with two attached hydrogens (primary N) is 1. The van der Waals surface area contributed by atoms with Crippen LogP contribution in [-0.2, 0) is 11.2 Å². The summed E-state index contributed by atoms with van der Waals surface area (Å²) in [7, 11) is 1.60. The van der Waals surface area contributed by atoms with Crippen molar-refractivity contribution in [1.29, 1.82) is 0 Å². The summed E-state index contributed by atoms with van der Waals surface area (Å²) in [6.45, 7) is 0. The van der Waals surface area contributed by atoms with Crippen LogP contribution < -0.4 is 10.5 Å². The fourth-order valence-electron chi connectivity index (χ4n) is 1.27. The highest BCUT2D eigenvalue weighted by atomic mass is 16.5. The van der Waals surface area contributed by atoms with Crippen LogP contribution in [0.4, 0.5) is 0 Å². The van der Waals surface area contributed by atoms with Crippen LogP contribution in [0.25, 0.3) is 0 Å². The van der Waals surface area contributed by atoms with E-state index in [1.807, 2.05) is 24.3 Å². The van der Waals surface area contributed by atoms with Crippen LogP contribution >= 0.6 is 0 Å². The Morgan fingerprint density at radius 3 is 2.93 bits per heavy atom. The molecular formula is C11H15NO3. The van der Waals surface area contributed by atoms with Crippen molar-refractivity contribution in [2.45, 2.75) is 18.9 Å². The first kappa shape index (κ1) is 11.5. The van der Waals surface area contributed by atoms with Gasteiger partial charge in [0, 0.05) is 0 Å². The minimum absolute atomic E-state index is 0.433. The Balaban J connectivity index is 2.53. The number of aryl methyl sites for hydroxylation is 1. The number of carboxylic acid groups (broad SMARTS) is 1. The maximum absolute atomic E-state index is 10.5. The van der Waals surface area contributed by atoms with E-state index in [2.05, 4.69) is 0 Å². The number of hydrogen-bond donors (Lipinski definition) is 2. The molecule has 1 aromatic rings. The lowest BCUT2D eigenvalue weighted by Gasteiger charge is -2.07. The summed E-state index contributed by atoms with van der Waals surface area (Å²) in [6.07, 6.45) is 1.08. The van der Waals surface area contributed by atoms with E-state index in [0.29, 0.717) is 12.8 Å². The molecule has 0 saturated heterocycles. The van der Waals surface area contributed by atoms with E-state index < -0.39 is 12.0 Å². The van der Waals surface area contributed by atoms with E-state index in [1.54, 1.807) is 7.11 Å². The Morgan fingerprint density at radius 2 is 2.33 bits per heavy atom. The van der Waals surface area contributed by atoms with Crippen molar-refractivity contribution in [3.05, 3.63) is 29.8 Å². The van der Waals surface area contributed by atoms with Crippen molar-refractivity contribution in [3.8, 4) is 5.75 Å². The second kappa shape index (κ2) is 5.36. The van der Waals surface area contributed by atoms with Crippen molar-refractivity contribution >= 4 is 5.97 Å². The van der Waals surface area contributed by atoms with Gasteiger partial charge in [0.1, 0.15) is 11.8 Å². The van der Waals surface area contributed by atoms with Gasteiger partial charge in [0.25, 0.3) is 0 Å². The van der Waals surface area contributed by atoms with Crippen LogP contribution in [-0.4, -0.2) is 24.2 Å². The lowest BCUT2D eigenvalue weighted by molar-refractivity contribution is -0.138. The van der Waals surface area contributed by atoms with Gasteiger partial charge in [-0.15, -0.1) is 0 Å². The summed E-state index contributed by atoms with van der Waals surface area (Å²) in [5.41, 5.74) is 6.44.